The Morgan fingerprint density at radius 3 is 3.05 bits per heavy atom. The fraction of sp³-hybridized carbons (Fsp3) is 0.714. The van der Waals surface area contributed by atoms with Gasteiger partial charge in [0, 0.05) is 26.2 Å². The van der Waals surface area contributed by atoms with Crippen LogP contribution in [0.4, 0.5) is 10.8 Å². The third-order valence-electron chi connectivity index (χ3n) is 4.05. The Hall–Kier alpha value is -1.34. The Balaban J connectivity index is 1.76. The first-order chi connectivity index (χ1) is 10.2. The highest BCUT2D eigenvalue weighted by atomic mass is 32.1. The maximum Gasteiger partial charge on any atom is 0.258 e. The summed E-state index contributed by atoms with van der Waals surface area (Å²) < 4.78 is 9.46. The molecule has 1 amide bonds. The molecule has 0 radical (unpaired) electrons. The molecule has 1 atom stereocenters. The molecular formula is C14H22N4O2S. The lowest BCUT2D eigenvalue weighted by atomic mass is 9.99. The van der Waals surface area contributed by atoms with E-state index >= 15 is 0 Å². The van der Waals surface area contributed by atoms with Crippen LogP contribution in [0.2, 0.25) is 0 Å². The first kappa shape index (κ1) is 14.6. The molecule has 0 aromatic carbocycles. The van der Waals surface area contributed by atoms with E-state index in [1.807, 2.05) is 0 Å². The predicted molar refractivity (Wildman–Crippen MR) is 83.8 cm³/mol. The van der Waals surface area contributed by atoms with Crippen LogP contribution in [0.5, 0.6) is 0 Å². The minimum atomic E-state index is -0.0763. The molecule has 2 heterocycles. The lowest BCUT2D eigenvalue weighted by Gasteiger charge is -2.33. The number of carbonyl (C=O) groups excluding carboxylic acids is 1. The van der Waals surface area contributed by atoms with E-state index in [0.29, 0.717) is 23.3 Å². The van der Waals surface area contributed by atoms with Crippen LogP contribution in [0, 0.1) is 5.92 Å². The molecule has 6 nitrogen and oxygen atoms in total. The van der Waals surface area contributed by atoms with Crippen molar-refractivity contribution in [1.82, 2.24) is 9.69 Å². The summed E-state index contributed by atoms with van der Waals surface area (Å²) in [6.07, 6.45) is 4.41. The standard InChI is InChI=1S/C14H22N4O2S/c1-20-8-9-3-2-6-18(7-9)14-11(12(15)17-21-14)13(19)16-10-4-5-10/h9-10H,2-8H2,1H3,(H2,15,17)(H,16,19). The summed E-state index contributed by atoms with van der Waals surface area (Å²) in [6, 6.07) is 0.326. The predicted octanol–water partition coefficient (Wildman–Crippen LogP) is 1.48. The number of anilines is 2. The number of amides is 1. The van der Waals surface area contributed by atoms with Gasteiger partial charge in [0.05, 0.1) is 6.61 Å². The topological polar surface area (TPSA) is 80.5 Å². The molecule has 1 saturated carbocycles. The van der Waals surface area contributed by atoms with Crippen molar-refractivity contribution < 1.29 is 9.53 Å². The number of nitrogens with two attached hydrogens (primary N) is 1. The second-order valence-corrected chi connectivity index (χ2v) is 6.66. The third-order valence-corrected chi connectivity index (χ3v) is 4.97. The lowest BCUT2D eigenvalue weighted by Crippen LogP contribution is -2.38. The fourth-order valence-electron chi connectivity index (χ4n) is 2.83. The molecule has 1 unspecified atom stereocenters. The first-order valence-corrected chi connectivity index (χ1v) is 8.26. The number of nitrogens with zero attached hydrogens (tertiary/aromatic N) is 2. The number of hydrogen-bond acceptors (Lipinski definition) is 6. The van der Waals surface area contributed by atoms with Gasteiger partial charge in [0.1, 0.15) is 10.6 Å². The van der Waals surface area contributed by atoms with Gasteiger partial charge in [-0.3, -0.25) is 4.79 Å². The number of rotatable bonds is 5. The maximum atomic E-state index is 12.4. The average molecular weight is 310 g/mol. The van der Waals surface area contributed by atoms with E-state index in [2.05, 4.69) is 14.6 Å². The number of piperidine rings is 1. The molecule has 1 saturated heterocycles. The van der Waals surface area contributed by atoms with Gasteiger partial charge in [0.2, 0.25) is 0 Å². The number of aromatic nitrogens is 1. The van der Waals surface area contributed by atoms with Crippen LogP contribution in [0.1, 0.15) is 36.0 Å². The quantitative estimate of drug-likeness (QED) is 0.861. The molecule has 116 valence electrons. The molecule has 1 aliphatic heterocycles. The number of ether oxygens (including phenoxy) is 1. The van der Waals surface area contributed by atoms with E-state index in [4.69, 9.17) is 10.5 Å². The Morgan fingerprint density at radius 2 is 2.33 bits per heavy atom. The van der Waals surface area contributed by atoms with Crippen molar-refractivity contribution in [3.8, 4) is 0 Å². The van der Waals surface area contributed by atoms with E-state index in [0.717, 1.165) is 44.0 Å². The van der Waals surface area contributed by atoms with Gasteiger partial charge in [-0.2, -0.15) is 4.37 Å². The van der Waals surface area contributed by atoms with E-state index in [1.54, 1.807) is 7.11 Å². The van der Waals surface area contributed by atoms with Crippen LogP contribution in [-0.4, -0.2) is 43.1 Å². The van der Waals surface area contributed by atoms with Gasteiger partial charge >= 0.3 is 0 Å². The number of hydrogen-bond donors (Lipinski definition) is 2. The van der Waals surface area contributed by atoms with Crippen molar-refractivity contribution in [2.75, 3.05) is 37.4 Å². The highest BCUT2D eigenvalue weighted by Gasteiger charge is 2.30. The molecule has 3 rings (SSSR count). The Labute approximate surface area is 128 Å². The van der Waals surface area contributed by atoms with Crippen LogP contribution in [0.15, 0.2) is 0 Å². The van der Waals surface area contributed by atoms with Gasteiger partial charge in [0.25, 0.3) is 5.91 Å². The van der Waals surface area contributed by atoms with E-state index in [-0.39, 0.29) is 5.91 Å². The summed E-state index contributed by atoms with van der Waals surface area (Å²) in [5.74, 6) is 0.779. The van der Waals surface area contributed by atoms with Crippen molar-refractivity contribution in [3.05, 3.63) is 5.56 Å². The second kappa shape index (κ2) is 6.19. The molecule has 0 spiro atoms. The molecule has 21 heavy (non-hydrogen) atoms. The summed E-state index contributed by atoms with van der Waals surface area (Å²) in [5, 5.41) is 3.92. The summed E-state index contributed by atoms with van der Waals surface area (Å²) in [6.45, 7) is 2.61. The van der Waals surface area contributed by atoms with Crippen LogP contribution in [0.25, 0.3) is 0 Å². The SMILES string of the molecule is COCC1CCCN(c2snc(N)c2C(=O)NC2CC2)C1. The third kappa shape index (κ3) is 3.29. The summed E-state index contributed by atoms with van der Waals surface area (Å²) in [4.78, 5) is 14.6. The Bertz CT molecular complexity index is 513. The van der Waals surface area contributed by atoms with Gasteiger partial charge in [-0.1, -0.05) is 0 Å². The van der Waals surface area contributed by atoms with Crippen LogP contribution in [-0.2, 0) is 4.74 Å². The zero-order chi connectivity index (χ0) is 14.8. The van der Waals surface area contributed by atoms with Gasteiger partial charge in [-0.25, -0.2) is 0 Å². The van der Waals surface area contributed by atoms with E-state index in [9.17, 15) is 4.79 Å². The number of carbonyl (C=O) groups is 1. The van der Waals surface area contributed by atoms with Crippen molar-refractivity contribution in [1.29, 1.82) is 0 Å². The van der Waals surface area contributed by atoms with Gasteiger partial charge < -0.3 is 20.7 Å². The molecule has 2 aliphatic rings. The van der Waals surface area contributed by atoms with Crippen LogP contribution in [0.3, 0.4) is 0 Å². The fourth-order valence-corrected chi connectivity index (χ4v) is 3.67. The molecule has 0 bridgehead atoms. The zero-order valence-electron chi connectivity index (χ0n) is 12.3. The minimum Gasteiger partial charge on any atom is -0.384 e. The number of nitrogen functional groups attached to an aromatic ring is 1. The first-order valence-electron chi connectivity index (χ1n) is 7.49. The zero-order valence-corrected chi connectivity index (χ0v) is 13.1. The smallest absolute Gasteiger partial charge is 0.258 e. The van der Waals surface area contributed by atoms with E-state index in [1.165, 1.54) is 18.0 Å². The highest BCUT2D eigenvalue weighted by Crippen LogP contribution is 2.34. The molecular weight excluding hydrogens is 288 g/mol. The van der Waals surface area contributed by atoms with Crippen LogP contribution >= 0.6 is 11.5 Å². The van der Waals surface area contributed by atoms with Gasteiger partial charge in [-0.05, 0) is 43.1 Å². The lowest BCUT2D eigenvalue weighted by molar-refractivity contribution is 0.0952. The molecule has 1 aromatic heterocycles. The minimum absolute atomic E-state index is 0.0763. The number of methoxy groups -OCH3 is 1. The molecule has 1 aromatic rings. The molecule has 3 N–H and O–H groups in total. The largest absolute Gasteiger partial charge is 0.384 e. The van der Waals surface area contributed by atoms with Gasteiger partial charge in [-0.15, -0.1) is 0 Å². The van der Waals surface area contributed by atoms with Crippen molar-refractivity contribution in [2.45, 2.75) is 31.7 Å². The average Bonchev–Trinajstić information content (AvgIpc) is 3.19. The van der Waals surface area contributed by atoms with Crippen LogP contribution < -0.4 is 16.0 Å². The molecule has 1 aliphatic carbocycles. The van der Waals surface area contributed by atoms with E-state index < -0.39 is 0 Å². The Kier molecular flexibility index (Phi) is 4.30. The van der Waals surface area contributed by atoms with Crippen molar-refractivity contribution in [3.63, 3.8) is 0 Å². The molecule has 7 heteroatoms. The van der Waals surface area contributed by atoms with Crippen molar-refractivity contribution >= 4 is 28.3 Å². The molecule has 2 fully saturated rings. The number of nitrogens with one attached hydrogen (secondary N) is 1. The van der Waals surface area contributed by atoms with Crippen molar-refractivity contribution in [2.24, 2.45) is 5.92 Å². The normalized spacial score (nSPS) is 22.3. The van der Waals surface area contributed by atoms with Gasteiger partial charge in [0.15, 0.2) is 5.82 Å². The summed E-state index contributed by atoms with van der Waals surface area (Å²) >= 11 is 1.33. The highest BCUT2D eigenvalue weighted by molar-refractivity contribution is 7.11. The Morgan fingerprint density at radius 1 is 1.52 bits per heavy atom. The second-order valence-electron chi connectivity index (χ2n) is 5.91. The summed E-state index contributed by atoms with van der Waals surface area (Å²) in [7, 11) is 1.73. The maximum absolute atomic E-state index is 12.4. The monoisotopic (exact) mass is 310 g/mol. The summed E-state index contributed by atoms with van der Waals surface area (Å²) in [5.41, 5.74) is 6.49.